The lowest BCUT2D eigenvalue weighted by Crippen LogP contribution is -2.33. The summed E-state index contributed by atoms with van der Waals surface area (Å²) in [6.07, 6.45) is 1.43. The number of para-hydroxylation sites is 1. The lowest BCUT2D eigenvalue weighted by atomic mass is 10.1. The molecule has 10 heteroatoms. The highest BCUT2D eigenvalue weighted by Crippen LogP contribution is 2.35. The van der Waals surface area contributed by atoms with Crippen LogP contribution in [0.3, 0.4) is 0 Å². The molecule has 132 valence electrons. The van der Waals surface area contributed by atoms with E-state index in [9.17, 15) is 19.7 Å². The Bertz CT molecular complexity index is 965. The molecule has 1 aliphatic heterocycles. The lowest BCUT2D eigenvalue weighted by molar-refractivity contribution is -0.384. The summed E-state index contributed by atoms with van der Waals surface area (Å²) in [5.74, 6) is -1.11. The van der Waals surface area contributed by atoms with E-state index in [1.54, 1.807) is 30.3 Å². The van der Waals surface area contributed by atoms with E-state index in [0.717, 1.165) is 16.7 Å². The Morgan fingerprint density at radius 3 is 2.77 bits per heavy atom. The van der Waals surface area contributed by atoms with Crippen molar-refractivity contribution in [1.29, 1.82) is 0 Å². The summed E-state index contributed by atoms with van der Waals surface area (Å²) < 4.78 is 5.75. The first-order valence-corrected chi connectivity index (χ1v) is 8.40. The van der Waals surface area contributed by atoms with Gasteiger partial charge >= 0.3 is 5.97 Å². The molecular weight excluding hydrogens is 380 g/mol. The third-order valence-electron chi connectivity index (χ3n) is 3.43. The maximum atomic E-state index is 12.2. The molecule has 1 N–H and O–H groups in total. The van der Waals surface area contributed by atoms with E-state index < -0.39 is 23.3 Å². The van der Waals surface area contributed by atoms with Gasteiger partial charge in [0.1, 0.15) is 22.4 Å². The summed E-state index contributed by atoms with van der Waals surface area (Å²) in [6, 6.07) is 9.27. The Kier molecular flexibility index (Phi) is 4.87. The van der Waals surface area contributed by atoms with Crippen LogP contribution < -0.4 is 0 Å². The molecule has 1 amide bonds. The highest BCUT2D eigenvalue weighted by Gasteiger charge is 2.33. The van der Waals surface area contributed by atoms with Crippen molar-refractivity contribution < 1.29 is 24.0 Å². The molecule has 2 heterocycles. The first kappa shape index (κ1) is 17.8. The number of furan rings is 1. The van der Waals surface area contributed by atoms with Crippen molar-refractivity contribution in [2.45, 2.75) is 0 Å². The molecule has 0 atom stereocenters. The topological polar surface area (TPSA) is 114 Å². The van der Waals surface area contributed by atoms with Crippen LogP contribution in [0.5, 0.6) is 0 Å². The van der Waals surface area contributed by atoms with Gasteiger partial charge in [-0.15, -0.1) is 0 Å². The van der Waals surface area contributed by atoms with Crippen LogP contribution in [0.4, 0.5) is 5.69 Å². The van der Waals surface area contributed by atoms with Crippen LogP contribution in [0.2, 0.25) is 0 Å². The van der Waals surface area contributed by atoms with Gasteiger partial charge in [-0.3, -0.25) is 24.6 Å². The molecule has 1 aliphatic rings. The van der Waals surface area contributed by atoms with Gasteiger partial charge in [0.25, 0.3) is 11.6 Å². The number of carboxylic acid groups (broad SMARTS) is 1. The first-order chi connectivity index (χ1) is 12.4. The van der Waals surface area contributed by atoms with Gasteiger partial charge in [-0.25, -0.2) is 0 Å². The Morgan fingerprint density at radius 2 is 2.08 bits per heavy atom. The van der Waals surface area contributed by atoms with Crippen LogP contribution in [0, 0.1) is 10.1 Å². The minimum atomic E-state index is -1.17. The van der Waals surface area contributed by atoms with Crippen molar-refractivity contribution in [3.63, 3.8) is 0 Å². The first-order valence-electron chi connectivity index (χ1n) is 7.17. The average Bonchev–Trinajstić information content (AvgIpc) is 3.15. The zero-order valence-electron chi connectivity index (χ0n) is 12.9. The molecule has 0 saturated carbocycles. The molecule has 0 aliphatic carbocycles. The molecule has 1 saturated heterocycles. The fraction of sp³-hybridized carbons (Fsp3) is 0.0625. The Morgan fingerprint density at radius 1 is 1.35 bits per heavy atom. The molecular formula is C16H10N2O6S2. The Labute approximate surface area is 156 Å². The maximum absolute atomic E-state index is 12.2. The second-order valence-electron chi connectivity index (χ2n) is 5.14. The normalized spacial score (nSPS) is 15.7. The number of rotatable bonds is 5. The molecule has 0 unspecified atom stereocenters. The van der Waals surface area contributed by atoms with Crippen LogP contribution in [0.15, 0.2) is 45.7 Å². The summed E-state index contributed by atoms with van der Waals surface area (Å²) in [6.45, 7) is -0.512. The number of nitro benzene ring substituents is 1. The summed E-state index contributed by atoms with van der Waals surface area (Å²) in [7, 11) is 0. The zero-order valence-corrected chi connectivity index (χ0v) is 14.6. The van der Waals surface area contributed by atoms with Gasteiger partial charge in [-0.05, 0) is 18.2 Å². The van der Waals surface area contributed by atoms with Gasteiger partial charge in [0.05, 0.1) is 15.4 Å². The van der Waals surface area contributed by atoms with Crippen LogP contribution >= 0.6 is 24.0 Å². The average molecular weight is 390 g/mol. The monoisotopic (exact) mass is 390 g/mol. The summed E-state index contributed by atoms with van der Waals surface area (Å²) in [4.78, 5) is 34.9. The number of thiocarbonyl (C=S) groups is 1. The molecule has 1 fully saturated rings. The molecule has 1 aromatic carbocycles. The fourth-order valence-corrected chi connectivity index (χ4v) is 3.55. The molecule has 0 bridgehead atoms. The van der Waals surface area contributed by atoms with Crippen molar-refractivity contribution in [2.75, 3.05) is 6.54 Å². The number of nitrogens with zero attached hydrogens (tertiary/aromatic N) is 2. The van der Waals surface area contributed by atoms with Crippen LogP contribution in [-0.2, 0) is 9.59 Å². The molecule has 26 heavy (non-hydrogen) atoms. The van der Waals surface area contributed by atoms with Gasteiger partial charge in [0.15, 0.2) is 0 Å². The number of hydrogen-bond acceptors (Lipinski definition) is 7. The van der Waals surface area contributed by atoms with Crippen molar-refractivity contribution in [1.82, 2.24) is 4.90 Å². The van der Waals surface area contributed by atoms with Gasteiger partial charge in [0, 0.05) is 12.1 Å². The largest absolute Gasteiger partial charge is 0.480 e. The lowest BCUT2D eigenvalue weighted by Gasteiger charge is -2.09. The minimum absolute atomic E-state index is 0.0961. The van der Waals surface area contributed by atoms with E-state index in [4.69, 9.17) is 21.7 Å². The van der Waals surface area contributed by atoms with Crippen LogP contribution in [-0.4, -0.2) is 37.7 Å². The van der Waals surface area contributed by atoms with Crippen LogP contribution in [0.1, 0.15) is 5.76 Å². The van der Waals surface area contributed by atoms with E-state index in [0.29, 0.717) is 11.3 Å². The molecule has 1 aromatic heterocycles. The fourth-order valence-electron chi connectivity index (χ4n) is 2.32. The Hall–Kier alpha value is -2.98. The highest BCUT2D eigenvalue weighted by molar-refractivity contribution is 8.26. The van der Waals surface area contributed by atoms with E-state index >= 15 is 0 Å². The van der Waals surface area contributed by atoms with Crippen molar-refractivity contribution in [3.05, 3.63) is 57.2 Å². The van der Waals surface area contributed by atoms with E-state index in [2.05, 4.69) is 0 Å². The number of carbonyl (C=O) groups is 2. The van der Waals surface area contributed by atoms with E-state index in [-0.39, 0.29) is 20.7 Å². The summed E-state index contributed by atoms with van der Waals surface area (Å²) in [5.41, 5.74) is 0.219. The smallest absolute Gasteiger partial charge is 0.323 e. The second kappa shape index (κ2) is 7.10. The summed E-state index contributed by atoms with van der Waals surface area (Å²) >= 11 is 5.98. The predicted octanol–water partition coefficient (Wildman–Crippen LogP) is 3.14. The number of carboxylic acids is 1. The zero-order chi connectivity index (χ0) is 18.8. The Balaban J connectivity index is 1.89. The number of aliphatic carboxylic acids is 1. The van der Waals surface area contributed by atoms with Crippen LogP contribution in [0.25, 0.3) is 17.4 Å². The molecule has 3 rings (SSSR count). The molecule has 2 aromatic rings. The standard InChI is InChI=1S/C16H10N2O6S2/c19-14(20)8-17-15(21)13(26-16(17)25)7-9-5-6-12(24-9)10-3-1-2-4-11(10)18(22)23/h1-7H,8H2,(H,19,20). The van der Waals surface area contributed by atoms with Crippen molar-refractivity contribution >= 4 is 51.9 Å². The number of hydrogen-bond donors (Lipinski definition) is 1. The molecule has 0 spiro atoms. The molecule has 0 radical (unpaired) electrons. The highest BCUT2D eigenvalue weighted by atomic mass is 32.2. The van der Waals surface area contributed by atoms with Crippen molar-refractivity contribution in [2.24, 2.45) is 0 Å². The van der Waals surface area contributed by atoms with Crippen molar-refractivity contribution in [3.8, 4) is 11.3 Å². The van der Waals surface area contributed by atoms with E-state index in [1.807, 2.05) is 0 Å². The maximum Gasteiger partial charge on any atom is 0.323 e. The van der Waals surface area contributed by atoms with Gasteiger partial charge in [0.2, 0.25) is 0 Å². The number of benzene rings is 1. The van der Waals surface area contributed by atoms with Gasteiger partial charge in [-0.1, -0.05) is 36.1 Å². The number of nitro groups is 1. The second-order valence-corrected chi connectivity index (χ2v) is 6.81. The quantitative estimate of drug-likeness (QED) is 0.358. The van der Waals surface area contributed by atoms with Gasteiger partial charge in [-0.2, -0.15) is 0 Å². The van der Waals surface area contributed by atoms with Gasteiger partial charge < -0.3 is 9.52 Å². The minimum Gasteiger partial charge on any atom is -0.480 e. The SMILES string of the molecule is O=C(O)CN1C(=O)C(=Cc2ccc(-c3ccccc3[N+](=O)[O-])o2)SC1=S. The molecule has 8 nitrogen and oxygen atoms in total. The third kappa shape index (κ3) is 3.51. The number of carbonyl (C=O) groups excluding carboxylic acids is 1. The third-order valence-corrected chi connectivity index (χ3v) is 4.81. The number of thioether (sulfide) groups is 1. The number of amides is 1. The summed E-state index contributed by atoms with van der Waals surface area (Å²) in [5, 5.41) is 19.9. The van der Waals surface area contributed by atoms with E-state index in [1.165, 1.54) is 12.1 Å². The predicted molar refractivity (Wildman–Crippen MR) is 98.3 cm³/mol.